The topological polar surface area (TPSA) is 84.8 Å². The first-order valence-electron chi connectivity index (χ1n) is 9.69. The third kappa shape index (κ3) is 7.26. The fourth-order valence-electron chi connectivity index (χ4n) is 3.64. The van der Waals surface area contributed by atoms with Gasteiger partial charge in [0, 0.05) is 23.6 Å². The quantitative estimate of drug-likeness (QED) is 0.170. The minimum Gasteiger partial charge on any atom is -0.394 e. The Morgan fingerprint density at radius 3 is 1.93 bits per heavy atom. The van der Waals surface area contributed by atoms with Crippen molar-refractivity contribution in [3.8, 4) is 0 Å². The summed E-state index contributed by atoms with van der Waals surface area (Å²) in [5, 5.41) is 9.62. The van der Waals surface area contributed by atoms with E-state index in [9.17, 15) is 5.11 Å². The summed E-state index contributed by atoms with van der Waals surface area (Å²) in [6.45, 7) is 6.58. The van der Waals surface area contributed by atoms with E-state index < -0.39 is 12.2 Å². The van der Waals surface area contributed by atoms with E-state index in [2.05, 4.69) is 17.9 Å². The minimum absolute atomic E-state index is 0.0386. The Morgan fingerprint density at radius 2 is 1.45 bits per heavy atom. The van der Waals surface area contributed by atoms with Crippen LogP contribution in [0.2, 0.25) is 13.6 Å². The molecule has 0 spiro atoms. The molecular formula is C15H32B2O8P4. The molecule has 14 heteroatoms. The first-order chi connectivity index (χ1) is 14.1. The summed E-state index contributed by atoms with van der Waals surface area (Å²) in [5.74, 6) is 0. The molecule has 0 aromatic rings. The lowest BCUT2D eigenvalue weighted by Gasteiger charge is -2.25. The molecule has 2 fully saturated rings. The highest BCUT2D eigenvalue weighted by molar-refractivity contribution is 8.00. The maximum absolute atomic E-state index is 9.62. The van der Waals surface area contributed by atoms with Gasteiger partial charge in [-0.2, -0.15) is 0 Å². The van der Waals surface area contributed by atoms with Crippen LogP contribution in [0.15, 0.2) is 0 Å². The first-order valence-corrected chi connectivity index (χ1v) is 15.1. The van der Waals surface area contributed by atoms with E-state index in [4.69, 9.17) is 32.7 Å². The molecule has 0 aliphatic carbocycles. The Kier molecular flexibility index (Phi) is 13.5. The number of aliphatic hydroxyl groups excluding tert-OH is 1. The smallest absolute Gasteiger partial charge is 0.149 e. The summed E-state index contributed by atoms with van der Waals surface area (Å²) >= 11 is 0. The Hall–Kier alpha value is 1.53. The third-order valence-electron chi connectivity index (χ3n) is 4.92. The maximum atomic E-state index is 9.62. The molecule has 2 heterocycles. The number of aliphatic hydroxyl groups is 1. The highest BCUT2D eigenvalue weighted by Crippen LogP contribution is 2.35. The zero-order chi connectivity index (χ0) is 21.2. The van der Waals surface area contributed by atoms with Gasteiger partial charge in [0.25, 0.3) is 0 Å². The van der Waals surface area contributed by atoms with Gasteiger partial charge in [-0.25, -0.2) is 0 Å². The number of ether oxygens (including phenoxy) is 5. The van der Waals surface area contributed by atoms with E-state index in [1.807, 2.05) is 35.1 Å². The SMILES string of the molecule is C[B][C@@H]1O[C@H](CO)[C@H](OCOC[C@H]2O[C@@H]([B]C)C(OPP)[C@H]2OCC)C1OPP. The molecule has 0 bridgehead atoms. The molecular weight excluding hydrogens is 454 g/mol. The van der Waals surface area contributed by atoms with Crippen molar-refractivity contribution in [3.05, 3.63) is 0 Å². The predicted octanol–water partition coefficient (Wildman–Crippen LogP) is 1.24. The lowest BCUT2D eigenvalue weighted by atomic mass is 9.72. The molecule has 6 unspecified atom stereocenters. The largest absolute Gasteiger partial charge is 0.394 e. The van der Waals surface area contributed by atoms with Gasteiger partial charge in [-0.3, -0.25) is 0 Å². The van der Waals surface area contributed by atoms with Crippen LogP contribution in [0.25, 0.3) is 0 Å². The summed E-state index contributed by atoms with van der Waals surface area (Å²) < 4.78 is 41.0. The maximum Gasteiger partial charge on any atom is 0.149 e. The highest BCUT2D eigenvalue weighted by atomic mass is 32.0. The Labute approximate surface area is 183 Å². The zero-order valence-electron chi connectivity index (χ0n) is 17.1. The average Bonchev–Trinajstić information content (AvgIpc) is 3.24. The van der Waals surface area contributed by atoms with E-state index >= 15 is 0 Å². The van der Waals surface area contributed by atoms with Crippen LogP contribution in [-0.4, -0.2) is 94.9 Å². The van der Waals surface area contributed by atoms with Gasteiger partial charge in [-0.05, 0) is 6.92 Å². The lowest BCUT2D eigenvalue weighted by molar-refractivity contribution is -0.148. The molecule has 2 saturated heterocycles. The summed E-state index contributed by atoms with van der Waals surface area (Å²) in [5.41, 5.74) is 0. The summed E-state index contributed by atoms with van der Waals surface area (Å²) in [4.78, 5) is 0. The van der Waals surface area contributed by atoms with Crippen LogP contribution < -0.4 is 0 Å². The van der Waals surface area contributed by atoms with Gasteiger partial charge >= 0.3 is 0 Å². The van der Waals surface area contributed by atoms with Gasteiger partial charge in [-0.15, -0.1) is 0 Å². The molecule has 2 radical (unpaired) electrons. The Balaban J connectivity index is 1.87. The van der Waals surface area contributed by atoms with E-state index in [0.29, 0.717) is 13.2 Å². The normalized spacial score (nSPS) is 38.0. The standard InChI is InChI=1S/C15H32B2O8P4/c1-4-20-11-9(23-15(17-3)13(11)25-29-27)6-19-7-21-10-8(5-18)22-14(16-2)12(10)24-28-26/h8-15,18,28-29H,4-7,26-27H2,1-3H3/t8-,9-,10+,11+,12?,13?,14-,15-/m1/s1. The highest BCUT2D eigenvalue weighted by Gasteiger charge is 2.46. The van der Waals surface area contributed by atoms with E-state index in [1.54, 1.807) is 0 Å². The van der Waals surface area contributed by atoms with Gasteiger partial charge in [0.15, 0.2) is 0 Å². The molecule has 8 nitrogen and oxygen atoms in total. The molecule has 2 aliphatic rings. The second kappa shape index (κ2) is 14.6. The fraction of sp³-hybridized carbons (Fsp3) is 1.00. The first kappa shape index (κ1) is 26.8. The van der Waals surface area contributed by atoms with Crippen LogP contribution in [0.5, 0.6) is 0 Å². The van der Waals surface area contributed by atoms with Crippen LogP contribution in [0.1, 0.15) is 6.92 Å². The van der Waals surface area contributed by atoms with Gasteiger partial charge < -0.3 is 37.8 Å². The lowest BCUT2D eigenvalue weighted by Crippen LogP contribution is -2.40. The average molecular weight is 486 g/mol. The molecule has 1 N–H and O–H groups in total. The number of hydrogen-bond acceptors (Lipinski definition) is 8. The van der Waals surface area contributed by atoms with Gasteiger partial charge in [0.1, 0.15) is 58.0 Å². The third-order valence-corrected chi connectivity index (χ3v) is 6.56. The van der Waals surface area contributed by atoms with Crippen LogP contribution in [-0.2, 0) is 32.7 Å². The van der Waals surface area contributed by atoms with Crippen molar-refractivity contribution >= 4 is 49.4 Å². The predicted molar refractivity (Wildman–Crippen MR) is 125 cm³/mol. The van der Waals surface area contributed by atoms with Crippen molar-refractivity contribution in [1.82, 2.24) is 0 Å². The van der Waals surface area contributed by atoms with E-state index in [1.165, 1.54) is 0 Å². The Bertz CT molecular complexity index is 461. The fourth-order valence-corrected chi connectivity index (χ4v) is 5.43. The molecule has 29 heavy (non-hydrogen) atoms. The van der Waals surface area contributed by atoms with Crippen molar-refractivity contribution in [1.29, 1.82) is 0 Å². The molecule has 0 saturated carbocycles. The minimum atomic E-state index is -0.454. The zero-order valence-corrected chi connectivity index (χ0v) is 21.4. The second-order valence-corrected chi connectivity index (χ2v) is 8.93. The number of hydrogen-bond donors (Lipinski definition) is 1. The van der Waals surface area contributed by atoms with Gasteiger partial charge in [0.05, 0.1) is 25.2 Å². The van der Waals surface area contributed by atoms with E-state index in [0.717, 1.165) is 0 Å². The second-order valence-electron chi connectivity index (χ2n) is 6.57. The molecule has 2 aliphatic heterocycles. The molecule has 12 atom stereocenters. The monoisotopic (exact) mass is 486 g/mol. The van der Waals surface area contributed by atoms with Crippen molar-refractivity contribution in [2.45, 2.75) is 69.2 Å². The Morgan fingerprint density at radius 1 is 0.897 bits per heavy atom. The van der Waals surface area contributed by atoms with E-state index in [-0.39, 0.29) is 66.8 Å². The summed E-state index contributed by atoms with van der Waals surface area (Å²) in [7, 11) is 9.52. The molecule has 166 valence electrons. The summed E-state index contributed by atoms with van der Waals surface area (Å²) in [6.07, 6.45) is -1.76. The van der Waals surface area contributed by atoms with Crippen molar-refractivity contribution in [2.24, 2.45) is 0 Å². The molecule has 0 amide bonds. The van der Waals surface area contributed by atoms with Crippen molar-refractivity contribution in [2.75, 3.05) is 26.6 Å². The van der Waals surface area contributed by atoms with Crippen molar-refractivity contribution < 1.29 is 37.8 Å². The van der Waals surface area contributed by atoms with Crippen LogP contribution in [0.3, 0.4) is 0 Å². The van der Waals surface area contributed by atoms with Gasteiger partial charge in [0.2, 0.25) is 0 Å². The molecule has 2 rings (SSSR count). The van der Waals surface area contributed by atoms with Crippen LogP contribution >= 0.6 is 34.8 Å². The van der Waals surface area contributed by atoms with Crippen LogP contribution in [0.4, 0.5) is 0 Å². The molecule has 0 aromatic heterocycles. The van der Waals surface area contributed by atoms with Crippen molar-refractivity contribution in [3.63, 3.8) is 0 Å². The molecule has 0 aromatic carbocycles. The number of rotatable bonds is 14. The van der Waals surface area contributed by atoms with Gasteiger partial charge in [-0.1, -0.05) is 31.5 Å². The summed E-state index contributed by atoms with van der Waals surface area (Å²) in [6, 6.07) is -0.366. The van der Waals surface area contributed by atoms with Crippen LogP contribution in [0, 0.1) is 0 Å².